The molecule has 1 amide bonds. The predicted octanol–water partition coefficient (Wildman–Crippen LogP) is 3.10. The van der Waals surface area contributed by atoms with Crippen LogP contribution >= 0.6 is 11.3 Å². The Hall–Kier alpha value is -2.67. The van der Waals surface area contributed by atoms with Gasteiger partial charge in [-0.2, -0.15) is 0 Å². The van der Waals surface area contributed by atoms with Crippen molar-refractivity contribution in [2.24, 2.45) is 0 Å². The average Bonchev–Trinajstić information content (AvgIpc) is 3.00. The van der Waals surface area contributed by atoms with Crippen molar-refractivity contribution in [2.45, 2.75) is 25.9 Å². The van der Waals surface area contributed by atoms with Crippen molar-refractivity contribution in [1.82, 2.24) is 14.5 Å². The van der Waals surface area contributed by atoms with Gasteiger partial charge in [0, 0.05) is 11.4 Å². The molecule has 128 valence electrons. The van der Waals surface area contributed by atoms with Gasteiger partial charge in [-0.1, -0.05) is 30.3 Å². The standard InChI is InChI=1S/C18H17N3O3S/c1-11(12-5-3-2-4-6-12)21-10-19-16-15(17(21)22)13-7-8-20(18(23)24)9-14(13)25-16/h2-6,10-11H,7-9H2,1H3,(H,23,24). The minimum Gasteiger partial charge on any atom is -0.465 e. The lowest BCUT2D eigenvalue weighted by Gasteiger charge is -2.23. The van der Waals surface area contributed by atoms with Crippen LogP contribution in [-0.4, -0.2) is 32.2 Å². The first-order valence-corrected chi connectivity index (χ1v) is 8.92. The van der Waals surface area contributed by atoms with E-state index in [0.717, 1.165) is 16.0 Å². The highest BCUT2D eigenvalue weighted by Crippen LogP contribution is 2.32. The van der Waals surface area contributed by atoms with Gasteiger partial charge in [-0.3, -0.25) is 9.36 Å². The van der Waals surface area contributed by atoms with Gasteiger partial charge < -0.3 is 10.0 Å². The number of rotatable bonds is 2. The number of benzene rings is 1. The number of carboxylic acid groups (broad SMARTS) is 1. The third-order valence-corrected chi connectivity index (χ3v) is 5.88. The fraction of sp³-hybridized carbons (Fsp3) is 0.278. The predicted molar refractivity (Wildman–Crippen MR) is 96.3 cm³/mol. The van der Waals surface area contributed by atoms with Crippen molar-refractivity contribution in [3.63, 3.8) is 0 Å². The maximum atomic E-state index is 13.1. The lowest BCUT2D eigenvalue weighted by molar-refractivity contribution is 0.140. The molecule has 25 heavy (non-hydrogen) atoms. The monoisotopic (exact) mass is 355 g/mol. The number of hydrogen-bond donors (Lipinski definition) is 1. The summed E-state index contributed by atoms with van der Waals surface area (Å²) in [6.07, 6.45) is 1.23. The second-order valence-corrected chi connectivity index (χ2v) is 7.27. The maximum absolute atomic E-state index is 13.1. The molecule has 2 aromatic heterocycles. The SMILES string of the molecule is CC(c1ccccc1)n1cnc2sc3c(c2c1=O)CCN(C(=O)O)C3. The van der Waals surface area contributed by atoms with Crippen molar-refractivity contribution >= 4 is 27.6 Å². The number of amides is 1. The van der Waals surface area contributed by atoms with Crippen LogP contribution in [0.25, 0.3) is 10.2 Å². The molecular formula is C18H17N3O3S. The molecule has 1 aliphatic heterocycles. The van der Waals surface area contributed by atoms with Crippen LogP contribution < -0.4 is 5.56 Å². The highest BCUT2D eigenvalue weighted by Gasteiger charge is 2.26. The van der Waals surface area contributed by atoms with Crippen LogP contribution in [0.1, 0.15) is 29.0 Å². The number of nitrogens with zero attached hydrogens (tertiary/aromatic N) is 3. The Morgan fingerprint density at radius 1 is 1.32 bits per heavy atom. The van der Waals surface area contributed by atoms with Crippen molar-refractivity contribution in [3.05, 3.63) is 63.0 Å². The van der Waals surface area contributed by atoms with Gasteiger partial charge in [-0.15, -0.1) is 11.3 Å². The molecule has 3 heterocycles. The molecule has 0 radical (unpaired) electrons. The molecule has 0 aliphatic carbocycles. The topological polar surface area (TPSA) is 75.4 Å². The third-order valence-electron chi connectivity index (χ3n) is 4.76. The first-order valence-electron chi connectivity index (χ1n) is 8.10. The summed E-state index contributed by atoms with van der Waals surface area (Å²) >= 11 is 1.42. The molecular weight excluding hydrogens is 338 g/mol. The van der Waals surface area contributed by atoms with Crippen molar-refractivity contribution < 1.29 is 9.90 Å². The molecule has 1 N–H and O–H groups in total. The largest absolute Gasteiger partial charge is 0.465 e. The van der Waals surface area contributed by atoms with Crippen molar-refractivity contribution in [3.8, 4) is 0 Å². The summed E-state index contributed by atoms with van der Waals surface area (Å²) in [5, 5.41) is 9.83. The van der Waals surface area contributed by atoms with E-state index < -0.39 is 6.09 Å². The van der Waals surface area contributed by atoms with Gasteiger partial charge in [0.2, 0.25) is 0 Å². The highest BCUT2D eigenvalue weighted by molar-refractivity contribution is 7.18. The lowest BCUT2D eigenvalue weighted by atomic mass is 10.1. The molecule has 0 saturated heterocycles. The summed E-state index contributed by atoms with van der Waals surface area (Å²) in [5.41, 5.74) is 1.96. The van der Waals surface area contributed by atoms with Gasteiger partial charge in [0.15, 0.2) is 0 Å². The van der Waals surface area contributed by atoms with Crippen molar-refractivity contribution in [2.75, 3.05) is 6.54 Å². The Bertz CT molecular complexity index is 1010. The summed E-state index contributed by atoms with van der Waals surface area (Å²) < 4.78 is 1.66. The molecule has 0 spiro atoms. The zero-order valence-corrected chi connectivity index (χ0v) is 14.5. The number of aromatic nitrogens is 2. The normalized spacial score (nSPS) is 15.2. The Morgan fingerprint density at radius 2 is 2.08 bits per heavy atom. The quantitative estimate of drug-likeness (QED) is 0.766. The molecule has 0 bridgehead atoms. The number of fused-ring (bicyclic) bond motifs is 3. The minimum absolute atomic E-state index is 0.0531. The molecule has 1 atom stereocenters. The Labute approximate surface area is 148 Å². The fourth-order valence-electron chi connectivity index (χ4n) is 3.33. The molecule has 1 unspecified atom stereocenters. The van der Waals surface area contributed by atoms with E-state index in [2.05, 4.69) is 4.98 Å². The molecule has 6 nitrogen and oxygen atoms in total. The van der Waals surface area contributed by atoms with Crippen LogP contribution in [-0.2, 0) is 13.0 Å². The molecule has 3 aromatic rings. The molecule has 0 saturated carbocycles. The summed E-state index contributed by atoms with van der Waals surface area (Å²) in [6.45, 7) is 2.73. The van der Waals surface area contributed by atoms with E-state index in [-0.39, 0.29) is 11.6 Å². The maximum Gasteiger partial charge on any atom is 0.407 e. The number of carbonyl (C=O) groups is 1. The smallest absolute Gasteiger partial charge is 0.407 e. The zero-order valence-electron chi connectivity index (χ0n) is 13.7. The van der Waals surface area contributed by atoms with Gasteiger partial charge >= 0.3 is 6.09 Å². The average molecular weight is 355 g/mol. The highest BCUT2D eigenvalue weighted by atomic mass is 32.1. The second-order valence-electron chi connectivity index (χ2n) is 6.18. The van der Waals surface area contributed by atoms with Gasteiger partial charge in [0.25, 0.3) is 5.56 Å². The number of hydrogen-bond acceptors (Lipinski definition) is 4. The van der Waals surface area contributed by atoms with Crippen LogP contribution in [0, 0.1) is 0 Å². The first kappa shape index (κ1) is 15.8. The van der Waals surface area contributed by atoms with Gasteiger partial charge in [0.1, 0.15) is 4.83 Å². The van der Waals surface area contributed by atoms with E-state index in [4.69, 9.17) is 0 Å². The molecule has 1 aliphatic rings. The van der Waals surface area contributed by atoms with Gasteiger partial charge in [-0.25, -0.2) is 9.78 Å². The third kappa shape index (κ3) is 2.60. The molecule has 4 rings (SSSR count). The lowest BCUT2D eigenvalue weighted by Crippen LogP contribution is -2.34. The second kappa shape index (κ2) is 6.00. The van der Waals surface area contributed by atoms with Crippen LogP contribution in [0.4, 0.5) is 4.79 Å². The van der Waals surface area contributed by atoms with E-state index in [1.54, 1.807) is 10.9 Å². The summed E-state index contributed by atoms with van der Waals surface area (Å²) in [4.78, 5) is 31.8. The first-order chi connectivity index (χ1) is 12.1. The van der Waals surface area contributed by atoms with E-state index in [1.807, 2.05) is 37.3 Å². The van der Waals surface area contributed by atoms with Gasteiger partial charge in [-0.05, 0) is 24.5 Å². The van der Waals surface area contributed by atoms with Crippen LogP contribution in [0.2, 0.25) is 0 Å². The fourth-order valence-corrected chi connectivity index (χ4v) is 4.52. The number of thiophene rings is 1. The summed E-state index contributed by atoms with van der Waals surface area (Å²) in [6, 6.07) is 9.74. The zero-order chi connectivity index (χ0) is 17.6. The minimum atomic E-state index is -0.925. The molecule has 1 aromatic carbocycles. The Kier molecular flexibility index (Phi) is 3.80. The Balaban J connectivity index is 1.82. The molecule has 7 heteroatoms. The Morgan fingerprint density at radius 3 is 2.80 bits per heavy atom. The van der Waals surface area contributed by atoms with Crippen molar-refractivity contribution in [1.29, 1.82) is 0 Å². The van der Waals surface area contributed by atoms with E-state index in [9.17, 15) is 14.7 Å². The van der Waals surface area contributed by atoms with Crippen LogP contribution in [0.15, 0.2) is 41.5 Å². The van der Waals surface area contributed by atoms with E-state index >= 15 is 0 Å². The molecule has 0 fully saturated rings. The summed E-state index contributed by atoms with van der Waals surface area (Å²) in [5.74, 6) is 0. The summed E-state index contributed by atoms with van der Waals surface area (Å²) in [7, 11) is 0. The van der Waals surface area contributed by atoms with Crippen LogP contribution in [0.3, 0.4) is 0 Å². The van der Waals surface area contributed by atoms with E-state index in [0.29, 0.717) is 29.7 Å². The van der Waals surface area contributed by atoms with Gasteiger partial charge in [0.05, 0.1) is 24.3 Å². The van der Waals surface area contributed by atoms with Crippen LogP contribution in [0.5, 0.6) is 0 Å². The van der Waals surface area contributed by atoms with E-state index in [1.165, 1.54) is 16.2 Å².